The largest absolute Gasteiger partial charge is 0.444 e. The van der Waals surface area contributed by atoms with Crippen molar-refractivity contribution >= 4 is 11.7 Å². The van der Waals surface area contributed by atoms with E-state index in [1.165, 1.54) is 11.6 Å². The highest BCUT2D eigenvalue weighted by Gasteiger charge is 2.34. The van der Waals surface area contributed by atoms with Crippen molar-refractivity contribution in [3.8, 4) is 0 Å². The van der Waals surface area contributed by atoms with Crippen molar-refractivity contribution in [2.75, 3.05) is 26.2 Å². The molecule has 1 aromatic carbocycles. The van der Waals surface area contributed by atoms with E-state index >= 15 is 4.39 Å². The van der Waals surface area contributed by atoms with Crippen LogP contribution in [-0.4, -0.2) is 42.8 Å². The van der Waals surface area contributed by atoms with Crippen molar-refractivity contribution in [2.45, 2.75) is 72.5 Å². The lowest BCUT2D eigenvalue weighted by atomic mass is 9.84. The van der Waals surface area contributed by atoms with Crippen molar-refractivity contribution in [1.82, 2.24) is 4.90 Å². The number of hydrogen-bond acceptors (Lipinski definition) is 4. The Kier molecular flexibility index (Phi) is 10.1. The maximum absolute atomic E-state index is 15.2. The van der Waals surface area contributed by atoms with Gasteiger partial charge in [0.15, 0.2) is 0 Å². The molecule has 1 amide bonds. The van der Waals surface area contributed by atoms with E-state index in [0.717, 1.165) is 30.4 Å². The fraction of sp³-hybridized carbons (Fsp3) is 0.593. The topological polar surface area (TPSA) is 64.8 Å². The Morgan fingerprint density at radius 1 is 1.36 bits per heavy atom. The second-order valence-electron chi connectivity index (χ2n) is 9.70. The van der Waals surface area contributed by atoms with E-state index in [1.807, 2.05) is 52.8 Å². The summed E-state index contributed by atoms with van der Waals surface area (Å²) < 4.78 is 27.1. The van der Waals surface area contributed by atoms with Crippen LogP contribution in [0.3, 0.4) is 0 Å². The molecule has 1 aromatic rings. The summed E-state index contributed by atoms with van der Waals surface area (Å²) in [6, 6.07) is 5.15. The monoisotopic (exact) mass is 460 g/mol. The SMILES string of the molecule is C/C=C(\C=C(\C)CC)c1c(F)cccc1C(OCCN)C1CCCN(C(=O)OC(C)(C)C)C1. The zero-order valence-corrected chi connectivity index (χ0v) is 21.1. The number of benzene rings is 1. The van der Waals surface area contributed by atoms with Crippen LogP contribution >= 0.6 is 0 Å². The van der Waals surface area contributed by atoms with E-state index in [1.54, 1.807) is 11.0 Å². The number of piperidine rings is 1. The summed E-state index contributed by atoms with van der Waals surface area (Å²) in [6.45, 7) is 13.5. The first-order valence-corrected chi connectivity index (χ1v) is 12.0. The number of hydrogen-bond donors (Lipinski definition) is 1. The molecule has 2 unspecified atom stereocenters. The van der Waals surface area contributed by atoms with E-state index in [2.05, 4.69) is 6.92 Å². The molecule has 1 saturated heterocycles. The van der Waals surface area contributed by atoms with E-state index in [-0.39, 0.29) is 23.9 Å². The minimum Gasteiger partial charge on any atom is -0.444 e. The molecule has 5 nitrogen and oxygen atoms in total. The van der Waals surface area contributed by atoms with Gasteiger partial charge in [-0.2, -0.15) is 0 Å². The van der Waals surface area contributed by atoms with Crippen LogP contribution in [0.15, 0.2) is 35.9 Å². The quantitative estimate of drug-likeness (QED) is 0.466. The van der Waals surface area contributed by atoms with Gasteiger partial charge in [-0.1, -0.05) is 36.8 Å². The van der Waals surface area contributed by atoms with E-state index in [4.69, 9.17) is 15.2 Å². The van der Waals surface area contributed by atoms with Crippen LogP contribution in [0.25, 0.3) is 5.57 Å². The van der Waals surface area contributed by atoms with Gasteiger partial charge in [-0.15, -0.1) is 0 Å². The first kappa shape index (κ1) is 27.1. The third kappa shape index (κ3) is 7.68. The Morgan fingerprint density at radius 3 is 2.70 bits per heavy atom. The number of halogens is 1. The molecule has 0 spiro atoms. The van der Waals surface area contributed by atoms with Gasteiger partial charge in [0.1, 0.15) is 11.4 Å². The van der Waals surface area contributed by atoms with Crippen LogP contribution in [0, 0.1) is 11.7 Å². The lowest BCUT2D eigenvalue weighted by molar-refractivity contribution is -0.0235. The summed E-state index contributed by atoms with van der Waals surface area (Å²) in [4.78, 5) is 14.5. The van der Waals surface area contributed by atoms with E-state index in [0.29, 0.717) is 31.8 Å². The molecule has 2 N–H and O–H groups in total. The molecule has 0 bridgehead atoms. The molecule has 2 rings (SSSR count). The molecule has 1 heterocycles. The van der Waals surface area contributed by atoms with Crippen molar-refractivity contribution < 1.29 is 18.7 Å². The van der Waals surface area contributed by atoms with E-state index in [9.17, 15) is 4.79 Å². The minimum absolute atomic E-state index is 0.00715. The number of likely N-dealkylation sites (tertiary alicyclic amines) is 1. The molecule has 1 fully saturated rings. The molecule has 0 aromatic heterocycles. The minimum atomic E-state index is -0.556. The fourth-order valence-corrected chi connectivity index (χ4v) is 4.17. The highest BCUT2D eigenvalue weighted by molar-refractivity contribution is 5.77. The summed E-state index contributed by atoms with van der Waals surface area (Å²) in [5.74, 6) is -0.269. The molecule has 0 aliphatic carbocycles. The van der Waals surface area contributed by atoms with E-state index < -0.39 is 5.60 Å². The normalized spacial score (nSPS) is 18.9. The Balaban J connectivity index is 2.45. The van der Waals surface area contributed by atoms with Crippen molar-refractivity contribution in [3.63, 3.8) is 0 Å². The Morgan fingerprint density at radius 2 is 2.09 bits per heavy atom. The predicted molar refractivity (Wildman–Crippen MR) is 132 cm³/mol. The summed E-state index contributed by atoms with van der Waals surface area (Å²) in [5.41, 5.74) is 8.57. The second kappa shape index (κ2) is 12.3. The number of nitrogens with zero attached hydrogens (tertiary/aromatic N) is 1. The number of rotatable bonds is 8. The maximum atomic E-state index is 15.2. The third-order valence-electron chi connectivity index (χ3n) is 5.86. The predicted octanol–water partition coefficient (Wildman–Crippen LogP) is 6.25. The van der Waals surface area contributed by atoms with Gasteiger partial charge in [-0.25, -0.2) is 9.18 Å². The van der Waals surface area contributed by atoms with Gasteiger partial charge in [0.25, 0.3) is 0 Å². The number of allylic oxidation sites excluding steroid dienone is 4. The van der Waals surface area contributed by atoms with Gasteiger partial charge < -0.3 is 20.1 Å². The molecule has 1 aliphatic heterocycles. The van der Waals surface area contributed by atoms with Gasteiger partial charge in [0.05, 0.1) is 12.7 Å². The highest BCUT2D eigenvalue weighted by atomic mass is 19.1. The van der Waals surface area contributed by atoms with Crippen LogP contribution in [0.4, 0.5) is 9.18 Å². The standard InChI is InChI=1S/C27H41FN2O3/c1-7-19(3)17-20(8-2)24-22(12-9-13-23(24)28)25(32-16-14-29)21-11-10-15-30(18-21)26(31)33-27(4,5)6/h8-9,12-13,17,21,25H,7,10-11,14-16,18,29H2,1-6H3/b19-17-,20-8+. The Hall–Kier alpha value is -2.18. The van der Waals surface area contributed by atoms with Gasteiger partial charge in [-0.05, 0) is 71.1 Å². The molecular formula is C27H41FN2O3. The smallest absolute Gasteiger partial charge is 0.410 e. The molecular weight excluding hydrogens is 419 g/mol. The highest BCUT2D eigenvalue weighted by Crippen LogP contribution is 2.38. The molecule has 2 atom stereocenters. The van der Waals surface area contributed by atoms with Crippen LogP contribution in [0.5, 0.6) is 0 Å². The molecule has 1 aliphatic rings. The lowest BCUT2D eigenvalue weighted by Gasteiger charge is -2.38. The first-order valence-electron chi connectivity index (χ1n) is 12.0. The molecule has 0 radical (unpaired) electrons. The number of carbonyl (C=O) groups excluding carboxylic acids is 1. The van der Waals surface area contributed by atoms with Crippen LogP contribution in [0.1, 0.15) is 78.0 Å². The lowest BCUT2D eigenvalue weighted by Crippen LogP contribution is -2.44. The zero-order chi connectivity index (χ0) is 24.6. The number of amides is 1. The zero-order valence-electron chi connectivity index (χ0n) is 21.1. The molecule has 33 heavy (non-hydrogen) atoms. The summed E-state index contributed by atoms with van der Waals surface area (Å²) in [6.07, 6.45) is 5.88. The van der Waals surface area contributed by atoms with Crippen molar-refractivity contribution in [2.24, 2.45) is 11.7 Å². The Labute approximate surface area is 198 Å². The van der Waals surface area contributed by atoms with Crippen LogP contribution < -0.4 is 5.73 Å². The van der Waals surface area contributed by atoms with Gasteiger partial charge in [0, 0.05) is 31.1 Å². The average molecular weight is 461 g/mol. The molecule has 184 valence electrons. The number of ether oxygens (including phenoxy) is 2. The van der Waals surface area contributed by atoms with Crippen LogP contribution in [0.2, 0.25) is 0 Å². The van der Waals surface area contributed by atoms with Crippen LogP contribution in [-0.2, 0) is 9.47 Å². The summed E-state index contributed by atoms with van der Waals surface area (Å²) in [7, 11) is 0. The molecule has 6 heteroatoms. The van der Waals surface area contributed by atoms with Gasteiger partial charge >= 0.3 is 6.09 Å². The van der Waals surface area contributed by atoms with Gasteiger partial charge in [-0.3, -0.25) is 0 Å². The maximum Gasteiger partial charge on any atom is 0.410 e. The third-order valence-corrected chi connectivity index (χ3v) is 5.86. The number of carbonyl (C=O) groups is 1. The van der Waals surface area contributed by atoms with Gasteiger partial charge in [0.2, 0.25) is 0 Å². The van der Waals surface area contributed by atoms with Crippen molar-refractivity contribution in [3.05, 3.63) is 52.9 Å². The second-order valence-corrected chi connectivity index (χ2v) is 9.70. The Bertz CT molecular complexity index is 857. The summed E-state index contributed by atoms with van der Waals surface area (Å²) >= 11 is 0. The summed E-state index contributed by atoms with van der Waals surface area (Å²) in [5, 5.41) is 0. The average Bonchev–Trinajstić information content (AvgIpc) is 2.77. The fourth-order valence-electron chi connectivity index (χ4n) is 4.17. The number of nitrogens with two attached hydrogens (primary N) is 1. The molecule has 0 saturated carbocycles. The first-order chi connectivity index (χ1) is 15.6. The van der Waals surface area contributed by atoms with Crippen molar-refractivity contribution in [1.29, 1.82) is 0 Å².